The third kappa shape index (κ3) is 4.10. The van der Waals surface area contributed by atoms with Crippen molar-refractivity contribution in [2.24, 2.45) is 5.73 Å². The summed E-state index contributed by atoms with van der Waals surface area (Å²) in [7, 11) is 4.71. The molecule has 1 saturated heterocycles. The lowest BCUT2D eigenvalue weighted by atomic mass is 9.68. The van der Waals surface area contributed by atoms with Crippen LogP contribution in [0.2, 0.25) is 0 Å². The van der Waals surface area contributed by atoms with Crippen LogP contribution in [0.25, 0.3) is 0 Å². The Morgan fingerprint density at radius 3 is 2.07 bits per heavy atom. The fourth-order valence-electron chi connectivity index (χ4n) is 4.43. The molecule has 1 fully saturated rings. The van der Waals surface area contributed by atoms with E-state index in [4.69, 9.17) is 19.9 Å². The molecular formula is C24H32N2O4. The van der Waals surface area contributed by atoms with Crippen LogP contribution >= 0.6 is 0 Å². The van der Waals surface area contributed by atoms with Gasteiger partial charge in [-0.25, -0.2) is 0 Å². The second-order valence-corrected chi connectivity index (χ2v) is 7.95. The Labute approximate surface area is 178 Å². The van der Waals surface area contributed by atoms with E-state index in [1.165, 1.54) is 12.8 Å². The third-order valence-electron chi connectivity index (χ3n) is 6.31. The van der Waals surface area contributed by atoms with Crippen molar-refractivity contribution < 1.29 is 19.0 Å². The number of nitrogens with zero attached hydrogens (tertiary/aromatic N) is 1. The second-order valence-electron chi connectivity index (χ2n) is 7.95. The van der Waals surface area contributed by atoms with Crippen molar-refractivity contribution in [3.05, 3.63) is 53.6 Å². The van der Waals surface area contributed by atoms with Crippen molar-refractivity contribution in [1.82, 2.24) is 4.90 Å². The van der Waals surface area contributed by atoms with Crippen LogP contribution < -0.4 is 19.9 Å². The quantitative estimate of drug-likeness (QED) is 0.684. The van der Waals surface area contributed by atoms with E-state index in [0.717, 1.165) is 30.8 Å². The highest BCUT2D eigenvalue weighted by molar-refractivity contribution is 5.88. The fraction of sp³-hybridized carbons (Fsp3) is 0.458. The fourth-order valence-corrected chi connectivity index (χ4v) is 4.43. The van der Waals surface area contributed by atoms with Crippen LogP contribution in [0.5, 0.6) is 17.2 Å². The van der Waals surface area contributed by atoms with Gasteiger partial charge in [0.1, 0.15) is 0 Å². The number of primary amides is 1. The number of hydrogen-bond acceptors (Lipinski definition) is 5. The number of methoxy groups -OCH3 is 3. The number of benzene rings is 2. The minimum Gasteiger partial charge on any atom is -0.493 e. The lowest BCUT2D eigenvalue weighted by Gasteiger charge is -2.38. The van der Waals surface area contributed by atoms with E-state index in [1.807, 2.05) is 37.3 Å². The van der Waals surface area contributed by atoms with Crippen molar-refractivity contribution >= 4 is 5.91 Å². The predicted octanol–water partition coefficient (Wildman–Crippen LogP) is 3.34. The minimum atomic E-state index is -0.975. The molecule has 6 heteroatoms. The molecule has 2 N–H and O–H groups in total. The summed E-state index contributed by atoms with van der Waals surface area (Å²) < 4.78 is 16.6. The van der Waals surface area contributed by atoms with E-state index in [2.05, 4.69) is 17.0 Å². The van der Waals surface area contributed by atoms with Crippen LogP contribution in [0.1, 0.15) is 36.8 Å². The van der Waals surface area contributed by atoms with Crippen LogP contribution in [0, 0.1) is 0 Å². The van der Waals surface area contributed by atoms with Gasteiger partial charge in [-0.2, -0.15) is 0 Å². The summed E-state index contributed by atoms with van der Waals surface area (Å²) in [5, 5.41) is 0. The van der Waals surface area contributed by atoms with Gasteiger partial charge in [-0.15, -0.1) is 0 Å². The van der Waals surface area contributed by atoms with E-state index >= 15 is 0 Å². The van der Waals surface area contributed by atoms with E-state index < -0.39 is 5.41 Å². The highest BCUT2D eigenvalue weighted by atomic mass is 16.5. The largest absolute Gasteiger partial charge is 0.493 e. The van der Waals surface area contributed by atoms with Crippen LogP contribution in [-0.2, 0) is 10.2 Å². The van der Waals surface area contributed by atoms with Crippen molar-refractivity contribution in [3.8, 4) is 17.2 Å². The van der Waals surface area contributed by atoms with Crippen LogP contribution in [0.4, 0.5) is 0 Å². The first kappa shape index (κ1) is 22.0. The molecule has 2 aromatic carbocycles. The number of carbonyl (C=O) groups is 1. The topological polar surface area (TPSA) is 74.0 Å². The van der Waals surface area contributed by atoms with Gasteiger partial charge in [0.15, 0.2) is 11.5 Å². The van der Waals surface area contributed by atoms with Gasteiger partial charge in [0, 0.05) is 12.5 Å². The molecule has 1 aliphatic rings. The molecule has 162 valence electrons. The Kier molecular flexibility index (Phi) is 6.87. The molecule has 0 spiro atoms. The number of likely N-dealkylation sites (tertiary alicyclic amines) is 1. The zero-order chi connectivity index (χ0) is 21.7. The molecule has 6 nitrogen and oxygen atoms in total. The Balaban J connectivity index is 2.17. The Morgan fingerprint density at radius 1 is 1.03 bits per heavy atom. The number of amides is 1. The molecule has 0 saturated carbocycles. The highest BCUT2D eigenvalue weighted by Gasteiger charge is 2.44. The molecule has 0 aromatic heterocycles. The normalized spacial score (nSPS) is 17.2. The minimum absolute atomic E-state index is 0.128. The molecule has 2 aromatic rings. The zero-order valence-electron chi connectivity index (χ0n) is 18.3. The molecule has 3 rings (SSSR count). The number of nitrogens with two attached hydrogens (primary N) is 1. The van der Waals surface area contributed by atoms with Crippen LogP contribution in [-0.4, -0.2) is 51.8 Å². The monoisotopic (exact) mass is 412 g/mol. The Hall–Kier alpha value is -2.73. The maximum atomic E-state index is 13.1. The lowest BCUT2D eigenvalue weighted by molar-refractivity contribution is -0.124. The number of hydrogen-bond donors (Lipinski definition) is 1. The van der Waals surface area contributed by atoms with Gasteiger partial charge < -0.3 is 24.8 Å². The Bertz CT molecular complexity index is 840. The number of rotatable bonds is 9. The average Bonchev–Trinajstić information content (AvgIpc) is 3.29. The summed E-state index contributed by atoms with van der Waals surface area (Å²) in [5.41, 5.74) is 6.95. The average molecular weight is 413 g/mol. The zero-order valence-corrected chi connectivity index (χ0v) is 18.3. The second kappa shape index (κ2) is 9.39. The summed E-state index contributed by atoms with van der Waals surface area (Å²) in [6, 6.07) is 13.8. The van der Waals surface area contributed by atoms with E-state index in [-0.39, 0.29) is 11.8 Å². The van der Waals surface area contributed by atoms with Gasteiger partial charge >= 0.3 is 0 Å². The summed E-state index contributed by atoms with van der Waals surface area (Å²) in [6.07, 6.45) is 2.36. The molecule has 0 radical (unpaired) electrons. The summed E-state index contributed by atoms with van der Waals surface area (Å²) >= 11 is 0. The van der Waals surface area contributed by atoms with Crippen LogP contribution in [0.15, 0.2) is 42.5 Å². The van der Waals surface area contributed by atoms with Gasteiger partial charge in [-0.3, -0.25) is 4.79 Å². The van der Waals surface area contributed by atoms with Gasteiger partial charge in [-0.05, 0) is 56.1 Å². The molecule has 1 aliphatic heterocycles. The predicted molar refractivity (Wildman–Crippen MR) is 118 cm³/mol. The third-order valence-corrected chi connectivity index (χ3v) is 6.31. The van der Waals surface area contributed by atoms with Gasteiger partial charge in [0.2, 0.25) is 11.7 Å². The van der Waals surface area contributed by atoms with Crippen molar-refractivity contribution in [2.45, 2.75) is 31.1 Å². The molecule has 1 heterocycles. The van der Waals surface area contributed by atoms with Crippen molar-refractivity contribution in [2.75, 3.05) is 41.0 Å². The SMILES string of the molecule is COc1cc(C(C)(C(N)=O)[C@@H](CN2CCCC2)c2ccccc2)cc(OC)c1OC. The van der Waals surface area contributed by atoms with Crippen LogP contribution in [0.3, 0.4) is 0 Å². The number of carbonyl (C=O) groups excluding carboxylic acids is 1. The molecule has 30 heavy (non-hydrogen) atoms. The Morgan fingerprint density at radius 2 is 1.60 bits per heavy atom. The van der Waals surface area contributed by atoms with Crippen molar-refractivity contribution in [3.63, 3.8) is 0 Å². The van der Waals surface area contributed by atoms with E-state index in [9.17, 15) is 4.79 Å². The van der Waals surface area contributed by atoms with E-state index in [1.54, 1.807) is 21.3 Å². The molecule has 0 bridgehead atoms. The lowest BCUT2D eigenvalue weighted by Crippen LogP contribution is -2.47. The standard InChI is InChI=1S/C24H32N2O4/c1-24(23(25)27,18-14-20(28-2)22(30-4)21(15-18)29-3)19(16-26-12-8-9-13-26)17-10-6-5-7-11-17/h5-7,10-11,14-15,19H,8-9,12-13,16H2,1-4H3,(H2,25,27)/t19-,24?/m0/s1. The summed E-state index contributed by atoms with van der Waals surface area (Å²) in [4.78, 5) is 15.5. The van der Waals surface area contributed by atoms with Gasteiger partial charge in [-0.1, -0.05) is 30.3 Å². The molecule has 0 aliphatic carbocycles. The maximum absolute atomic E-state index is 13.1. The smallest absolute Gasteiger partial charge is 0.228 e. The van der Waals surface area contributed by atoms with E-state index in [0.29, 0.717) is 17.2 Å². The van der Waals surface area contributed by atoms with Crippen molar-refractivity contribution in [1.29, 1.82) is 0 Å². The number of ether oxygens (including phenoxy) is 3. The molecular weight excluding hydrogens is 380 g/mol. The van der Waals surface area contributed by atoms with Gasteiger partial charge in [0.05, 0.1) is 26.7 Å². The molecule has 1 amide bonds. The first-order chi connectivity index (χ1) is 14.4. The molecule has 1 unspecified atom stereocenters. The maximum Gasteiger partial charge on any atom is 0.228 e. The highest BCUT2D eigenvalue weighted by Crippen LogP contribution is 2.46. The molecule has 2 atom stereocenters. The first-order valence-electron chi connectivity index (χ1n) is 10.3. The first-order valence-corrected chi connectivity index (χ1v) is 10.3. The summed E-state index contributed by atoms with van der Waals surface area (Å²) in [5.74, 6) is 0.993. The van der Waals surface area contributed by atoms with Gasteiger partial charge in [0.25, 0.3) is 0 Å². The summed E-state index contributed by atoms with van der Waals surface area (Å²) in [6.45, 7) is 4.74.